The van der Waals surface area contributed by atoms with Crippen LogP contribution < -0.4 is 14.3 Å². The molecule has 0 aromatic heterocycles. The molecule has 0 fully saturated rings. The van der Waals surface area contributed by atoms with Gasteiger partial charge in [-0.25, -0.2) is 5.43 Å². The van der Waals surface area contributed by atoms with E-state index in [1.54, 1.807) is 48.5 Å². The molecule has 0 spiro atoms. The molecule has 9 heteroatoms. The topological polar surface area (TPSA) is 94.1 Å². The van der Waals surface area contributed by atoms with Crippen molar-refractivity contribution < 1.29 is 22.1 Å². The van der Waals surface area contributed by atoms with Gasteiger partial charge in [0.1, 0.15) is 4.90 Å². The van der Waals surface area contributed by atoms with E-state index in [-0.39, 0.29) is 22.3 Å². The Morgan fingerprint density at radius 2 is 1.77 bits per heavy atom. The second kappa shape index (κ2) is 9.55. The molecule has 30 heavy (non-hydrogen) atoms. The number of hydrogen-bond donors (Lipinski definition) is 1. The Balaban J connectivity index is 1.77. The van der Waals surface area contributed by atoms with Crippen LogP contribution in [0.4, 0.5) is 0 Å². The van der Waals surface area contributed by atoms with Crippen LogP contribution in [0.1, 0.15) is 15.9 Å². The molecule has 7 nitrogen and oxygen atoms in total. The Morgan fingerprint density at radius 1 is 1.00 bits per heavy atom. The molecule has 1 N–H and O–H groups in total. The van der Waals surface area contributed by atoms with Crippen molar-refractivity contribution >= 4 is 38.2 Å². The summed E-state index contributed by atoms with van der Waals surface area (Å²) in [6, 6.07) is 19.3. The molecule has 0 radical (unpaired) electrons. The van der Waals surface area contributed by atoms with Crippen molar-refractivity contribution in [1.82, 2.24) is 5.43 Å². The van der Waals surface area contributed by atoms with Crippen molar-refractivity contribution in [3.8, 4) is 11.5 Å². The van der Waals surface area contributed by atoms with Gasteiger partial charge >= 0.3 is 10.1 Å². The zero-order valence-electron chi connectivity index (χ0n) is 15.8. The van der Waals surface area contributed by atoms with Crippen LogP contribution in [0.2, 0.25) is 0 Å². The Bertz CT molecular complexity index is 1180. The zero-order chi connectivity index (χ0) is 21.6. The van der Waals surface area contributed by atoms with Crippen molar-refractivity contribution in [2.45, 2.75) is 4.90 Å². The second-order valence-electron chi connectivity index (χ2n) is 5.97. The van der Waals surface area contributed by atoms with E-state index in [4.69, 9.17) is 8.92 Å². The number of halogens is 1. The maximum absolute atomic E-state index is 12.5. The van der Waals surface area contributed by atoms with Gasteiger partial charge in [0.15, 0.2) is 11.5 Å². The number of benzene rings is 3. The lowest BCUT2D eigenvalue weighted by atomic mass is 10.2. The molecular weight excluding hydrogens is 472 g/mol. The normalized spacial score (nSPS) is 11.3. The Morgan fingerprint density at radius 3 is 2.47 bits per heavy atom. The number of nitrogens with one attached hydrogen (secondary N) is 1. The number of methoxy groups -OCH3 is 1. The monoisotopic (exact) mass is 488 g/mol. The van der Waals surface area contributed by atoms with Crippen LogP contribution in [0.15, 0.2) is 87.3 Å². The molecular formula is C21H17BrN2O5S. The summed E-state index contributed by atoms with van der Waals surface area (Å²) in [6.07, 6.45) is 1.37. The molecule has 0 bridgehead atoms. The maximum Gasteiger partial charge on any atom is 0.339 e. The average molecular weight is 489 g/mol. The van der Waals surface area contributed by atoms with Gasteiger partial charge < -0.3 is 8.92 Å². The van der Waals surface area contributed by atoms with Crippen molar-refractivity contribution in [3.05, 3.63) is 88.4 Å². The first-order valence-electron chi connectivity index (χ1n) is 8.65. The maximum atomic E-state index is 12.5. The average Bonchev–Trinajstić information content (AvgIpc) is 2.74. The van der Waals surface area contributed by atoms with Crippen molar-refractivity contribution in [1.29, 1.82) is 0 Å². The van der Waals surface area contributed by atoms with E-state index in [0.29, 0.717) is 11.1 Å². The number of ether oxygens (including phenoxy) is 1. The largest absolute Gasteiger partial charge is 0.493 e. The quantitative estimate of drug-likeness (QED) is 0.308. The van der Waals surface area contributed by atoms with Gasteiger partial charge in [0, 0.05) is 10.0 Å². The number of amides is 1. The Labute approximate surface area is 182 Å². The third kappa shape index (κ3) is 5.46. The molecule has 0 saturated heterocycles. The van der Waals surface area contributed by atoms with Gasteiger partial charge in [0.25, 0.3) is 5.91 Å². The predicted octanol–water partition coefficient (Wildman–Crippen LogP) is 3.99. The lowest BCUT2D eigenvalue weighted by Crippen LogP contribution is -2.17. The van der Waals surface area contributed by atoms with Crippen LogP contribution in [-0.4, -0.2) is 27.6 Å². The first-order chi connectivity index (χ1) is 14.4. The van der Waals surface area contributed by atoms with Crippen LogP contribution in [-0.2, 0) is 10.1 Å². The van der Waals surface area contributed by atoms with Crippen molar-refractivity contribution in [2.75, 3.05) is 7.11 Å². The lowest BCUT2D eigenvalue weighted by molar-refractivity contribution is 0.0955. The highest BCUT2D eigenvalue weighted by Gasteiger charge is 2.19. The van der Waals surface area contributed by atoms with E-state index in [0.717, 1.165) is 4.47 Å². The Hall–Kier alpha value is -3.17. The summed E-state index contributed by atoms with van der Waals surface area (Å²) in [6.45, 7) is 0. The van der Waals surface area contributed by atoms with Crippen LogP contribution in [0.3, 0.4) is 0 Å². The number of rotatable bonds is 7. The van der Waals surface area contributed by atoms with Gasteiger partial charge in [-0.1, -0.05) is 40.2 Å². The van der Waals surface area contributed by atoms with Crippen LogP contribution in [0, 0.1) is 0 Å². The minimum absolute atomic E-state index is 0.00335. The fourth-order valence-corrected chi connectivity index (χ4v) is 3.80. The molecule has 0 aliphatic heterocycles. The smallest absolute Gasteiger partial charge is 0.339 e. The van der Waals surface area contributed by atoms with Crippen LogP contribution >= 0.6 is 15.9 Å². The molecule has 0 atom stereocenters. The van der Waals surface area contributed by atoms with Crippen molar-refractivity contribution in [2.24, 2.45) is 5.10 Å². The second-order valence-corrected chi connectivity index (χ2v) is 8.43. The van der Waals surface area contributed by atoms with E-state index in [9.17, 15) is 13.2 Å². The first-order valence-corrected chi connectivity index (χ1v) is 10.9. The highest BCUT2D eigenvalue weighted by molar-refractivity contribution is 9.10. The fourth-order valence-electron chi connectivity index (χ4n) is 2.45. The number of carbonyl (C=O) groups is 1. The van der Waals surface area contributed by atoms with Gasteiger partial charge in [0.2, 0.25) is 0 Å². The molecule has 1 amide bonds. The van der Waals surface area contributed by atoms with E-state index in [1.807, 2.05) is 6.07 Å². The lowest BCUT2D eigenvalue weighted by Gasteiger charge is -2.11. The van der Waals surface area contributed by atoms with E-state index < -0.39 is 10.1 Å². The van der Waals surface area contributed by atoms with Crippen molar-refractivity contribution in [3.63, 3.8) is 0 Å². The predicted molar refractivity (Wildman–Crippen MR) is 116 cm³/mol. The zero-order valence-corrected chi connectivity index (χ0v) is 18.2. The summed E-state index contributed by atoms with van der Waals surface area (Å²) in [7, 11) is -2.63. The molecule has 3 aromatic carbocycles. The standard InChI is InChI=1S/C21H17BrN2O5S/c1-28-19-11-10-15(14-23-24-21(25)16-6-5-7-17(22)13-16)12-20(19)29-30(26,27)18-8-3-2-4-9-18/h2-14H,1H3,(H,24,25)/b23-14+. The molecule has 0 aliphatic carbocycles. The summed E-state index contributed by atoms with van der Waals surface area (Å²) < 4.78 is 36.2. The van der Waals surface area contributed by atoms with Crippen LogP contribution in [0.5, 0.6) is 11.5 Å². The van der Waals surface area contributed by atoms with Gasteiger partial charge in [-0.3, -0.25) is 4.79 Å². The molecule has 0 aliphatic rings. The first kappa shape index (κ1) is 21.5. The molecule has 3 rings (SSSR count). The number of hydrogen-bond acceptors (Lipinski definition) is 6. The summed E-state index contributed by atoms with van der Waals surface area (Å²) in [5, 5.41) is 3.91. The summed E-state index contributed by atoms with van der Waals surface area (Å²) in [5.41, 5.74) is 3.36. The van der Waals surface area contributed by atoms with Crippen LogP contribution in [0.25, 0.3) is 0 Å². The van der Waals surface area contributed by atoms with Gasteiger partial charge in [0.05, 0.1) is 13.3 Å². The summed E-state index contributed by atoms with van der Waals surface area (Å²) in [5.74, 6) is -0.141. The summed E-state index contributed by atoms with van der Waals surface area (Å²) in [4.78, 5) is 12.2. The van der Waals surface area contributed by atoms with Gasteiger partial charge in [-0.15, -0.1) is 0 Å². The number of carbonyl (C=O) groups excluding carboxylic acids is 1. The number of hydrazone groups is 1. The molecule has 0 saturated carbocycles. The molecule has 3 aromatic rings. The fraction of sp³-hybridized carbons (Fsp3) is 0.0476. The van der Waals surface area contributed by atoms with E-state index in [2.05, 4.69) is 26.5 Å². The summed E-state index contributed by atoms with van der Waals surface area (Å²) >= 11 is 3.30. The third-order valence-electron chi connectivity index (χ3n) is 3.89. The molecule has 0 unspecified atom stereocenters. The van der Waals surface area contributed by atoms with Gasteiger partial charge in [-0.2, -0.15) is 13.5 Å². The molecule has 0 heterocycles. The third-order valence-corrected chi connectivity index (χ3v) is 5.63. The Kier molecular flexibility index (Phi) is 6.86. The van der Waals surface area contributed by atoms with E-state index in [1.165, 1.54) is 31.5 Å². The highest BCUT2D eigenvalue weighted by Crippen LogP contribution is 2.30. The van der Waals surface area contributed by atoms with E-state index >= 15 is 0 Å². The highest BCUT2D eigenvalue weighted by atomic mass is 79.9. The SMILES string of the molecule is COc1ccc(/C=N/NC(=O)c2cccc(Br)c2)cc1OS(=O)(=O)c1ccccc1. The molecule has 154 valence electrons. The number of nitrogens with zero attached hydrogens (tertiary/aromatic N) is 1. The minimum atomic E-state index is -4.04. The minimum Gasteiger partial charge on any atom is -0.493 e. The van der Waals surface area contributed by atoms with Gasteiger partial charge in [-0.05, 0) is 54.1 Å².